The van der Waals surface area contributed by atoms with Crippen molar-refractivity contribution in [1.29, 1.82) is 0 Å². The molecule has 1 aliphatic rings. The van der Waals surface area contributed by atoms with Crippen LogP contribution in [0.3, 0.4) is 0 Å². The topological polar surface area (TPSA) is 75.1 Å². The van der Waals surface area contributed by atoms with Gasteiger partial charge in [-0.05, 0) is 43.0 Å². The van der Waals surface area contributed by atoms with Gasteiger partial charge in [0.25, 0.3) is 0 Å². The van der Waals surface area contributed by atoms with E-state index in [1.807, 2.05) is 36.6 Å². The van der Waals surface area contributed by atoms with E-state index in [-0.39, 0.29) is 30.8 Å². The molecular formula is C18H23ClIN3O3S. The van der Waals surface area contributed by atoms with E-state index >= 15 is 0 Å². The second-order valence-corrected chi connectivity index (χ2v) is 7.47. The number of fused-ring (bicyclic) bond motifs is 1. The molecule has 3 N–H and O–H groups in total. The van der Waals surface area contributed by atoms with Crippen LogP contribution in [-0.4, -0.2) is 30.9 Å². The number of aliphatic imine (C=N–C) groups is 1. The van der Waals surface area contributed by atoms with Crippen LogP contribution in [0.2, 0.25) is 5.02 Å². The normalized spacial score (nSPS) is 15.0. The zero-order chi connectivity index (χ0) is 18.6. The molecule has 0 bridgehead atoms. The minimum Gasteiger partial charge on any atom is -0.454 e. The maximum Gasteiger partial charge on any atom is 0.231 e. The molecule has 1 aromatic heterocycles. The van der Waals surface area contributed by atoms with Gasteiger partial charge in [0.05, 0.1) is 18.1 Å². The van der Waals surface area contributed by atoms with Gasteiger partial charge in [-0.25, -0.2) is 4.99 Å². The Hall–Kier alpha value is -1.23. The molecular weight excluding hydrogens is 501 g/mol. The molecule has 2 aromatic rings. The van der Waals surface area contributed by atoms with Crippen LogP contribution in [0.25, 0.3) is 0 Å². The largest absolute Gasteiger partial charge is 0.454 e. The minimum absolute atomic E-state index is 0. The van der Waals surface area contributed by atoms with E-state index in [0.717, 1.165) is 17.0 Å². The molecule has 1 unspecified atom stereocenters. The summed E-state index contributed by atoms with van der Waals surface area (Å²) in [6.45, 7) is 5.45. The molecule has 6 nitrogen and oxygen atoms in total. The summed E-state index contributed by atoms with van der Waals surface area (Å²) in [6, 6.07) is 7.55. The van der Waals surface area contributed by atoms with Crippen LogP contribution in [0.4, 0.5) is 0 Å². The predicted molar refractivity (Wildman–Crippen MR) is 120 cm³/mol. The van der Waals surface area contributed by atoms with Gasteiger partial charge < -0.3 is 25.2 Å². The average molecular weight is 524 g/mol. The van der Waals surface area contributed by atoms with Crippen molar-refractivity contribution in [2.75, 3.05) is 19.9 Å². The lowest BCUT2D eigenvalue weighted by Gasteiger charge is -2.23. The number of nitrogens with one attached hydrogen (secondary N) is 2. The summed E-state index contributed by atoms with van der Waals surface area (Å²) in [7, 11) is 0. The van der Waals surface area contributed by atoms with Crippen molar-refractivity contribution < 1.29 is 14.6 Å². The van der Waals surface area contributed by atoms with Crippen molar-refractivity contribution in [2.24, 2.45) is 4.99 Å². The van der Waals surface area contributed by atoms with E-state index < -0.39 is 5.60 Å². The van der Waals surface area contributed by atoms with E-state index in [1.54, 1.807) is 6.92 Å². The first-order chi connectivity index (χ1) is 12.5. The summed E-state index contributed by atoms with van der Waals surface area (Å²) in [5, 5.41) is 19.5. The Balaban J connectivity index is 0.00000261. The quantitative estimate of drug-likeness (QED) is 0.306. The van der Waals surface area contributed by atoms with Gasteiger partial charge in [-0.15, -0.1) is 35.3 Å². The number of benzene rings is 1. The lowest BCUT2D eigenvalue weighted by Crippen LogP contribution is -2.44. The standard InChI is InChI=1S/C18H22ClN3O3S.HI/c1-3-20-17(22-10-18(2,23)15-5-4-6-26-15)21-9-12-7-13(19)16-14(8-12)24-11-25-16;/h4-8,23H,3,9-11H2,1-2H3,(H2,20,21,22);1H. The van der Waals surface area contributed by atoms with E-state index in [9.17, 15) is 5.11 Å². The first-order valence-corrected chi connectivity index (χ1v) is 9.62. The number of nitrogens with zero attached hydrogens (tertiary/aromatic N) is 1. The molecule has 148 valence electrons. The predicted octanol–water partition coefficient (Wildman–Crippen LogP) is 3.71. The fourth-order valence-corrected chi connectivity index (χ4v) is 3.63. The number of hydrogen-bond donors (Lipinski definition) is 3. The van der Waals surface area contributed by atoms with Gasteiger partial charge in [0.15, 0.2) is 17.5 Å². The van der Waals surface area contributed by atoms with Crippen LogP contribution in [0.15, 0.2) is 34.6 Å². The molecule has 0 fully saturated rings. The number of guanidine groups is 1. The Bertz CT molecular complexity index is 784. The second kappa shape index (κ2) is 9.81. The number of rotatable bonds is 6. The lowest BCUT2D eigenvalue weighted by molar-refractivity contribution is 0.0655. The molecule has 0 spiro atoms. The highest BCUT2D eigenvalue weighted by molar-refractivity contribution is 14.0. The van der Waals surface area contributed by atoms with Gasteiger partial charge in [-0.3, -0.25) is 0 Å². The molecule has 0 radical (unpaired) electrons. The van der Waals surface area contributed by atoms with Gasteiger partial charge in [-0.1, -0.05) is 17.7 Å². The molecule has 0 aliphatic carbocycles. The minimum atomic E-state index is -0.966. The van der Waals surface area contributed by atoms with Crippen molar-refractivity contribution in [3.05, 3.63) is 45.1 Å². The summed E-state index contributed by atoms with van der Waals surface area (Å²) in [6.07, 6.45) is 0. The summed E-state index contributed by atoms with van der Waals surface area (Å²) in [5.41, 5.74) is -0.0478. The van der Waals surface area contributed by atoms with Crippen molar-refractivity contribution in [3.8, 4) is 11.5 Å². The van der Waals surface area contributed by atoms with Crippen molar-refractivity contribution >= 4 is 52.9 Å². The zero-order valence-electron chi connectivity index (χ0n) is 15.1. The lowest BCUT2D eigenvalue weighted by atomic mass is 10.1. The summed E-state index contributed by atoms with van der Waals surface area (Å²) >= 11 is 7.74. The average Bonchev–Trinajstić information content (AvgIpc) is 3.29. The molecule has 0 amide bonds. The van der Waals surface area contributed by atoms with E-state index in [1.165, 1.54) is 11.3 Å². The third-order valence-corrected chi connectivity index (χ3v) is 5.31. The van der Waals surface area contributed by atoms with E-state index in [4.69, 9.17) is 21.1 Å². The highest BCUT2D eigenvalue weighted by Crippen LogP contribution is 2.39. The number of thiophene rings is 1. The molecule has 27 heavy (non-hydrogen) atoms. The van der Waals surface area contributed by atoms with Gasteiger partial charge in [-0.2, -0.15) is 0 Å². The smallest absolute Gasteiger partial charge is 0.231 e. The molecule has 1 atom stereocenters. The van der Waals surface area contributed by atoms with E-state index in [0.29, 0.717) is 35.6 Å². The fraction of sp³-hybridized carbons (Fsp3) is 0.389. The Morgan fingerprint density at radius 2 is 2.19 bits per heavy atom. The SMILES string of the molecule is CCNC(=NCc1cc(Cl)c2c(c1)OCO2)NCC(C)(O)c1cccs1.I. The first kappa shape index (κ1) is 22.1. The van der Waals surface area contributed by atoms with Gasteiger partial charge in [0, 0.05) is 11.4 Å². The van der Waals surface area contributed by atoms with Gasteiger partial charge >= 0.3 is 0 Å². The number of halogens is 2. The van der Waals surface area contributed by atoms with Crippen LogP contribution in [0.5, 0.6) is 11.5 Å². The zero-order valence-corrected chi connectivity index (χ0v) is 19.0. The molecule has 3 rings (SSSR count). The monoisotopic (exact) mass is 523 g/mol. The van der Waals surface area contributed by atoms with Gasteiger partial charge in [0.2, 0.25) is 6.79 Å². The molecule has 9 heteroatoms. The molecule has 0 saturated carbocycles. The molecule has 1 aromatic carbocycles. The highest BCUT2D eigenvalue weighted by Gasteiger charge is 2.24. The molecule has 0 saturated heterocycles. The molecule has 1 aliphatic heterocycles. The van der Waals surface area contributed by atoms with Crippen molar-refractivity contribution in [1.82, 2.24) is 10.6 Å². The number of hydrogen-bond acceptors (Lipinski definition) is 5. The van der Waals surface area contributed by atoms with Crippen molar-refractivity contribution in [2.45, 2.75) is 26.0 Å². The van der Waals surface area contributed by atoms with Crippen LogP contribution >= 0.6 is 46.9 Å². The fourth-order valence-electron chi connectivity index (χ4n) is 2.55. The Labute approximate surface area is 185 Å². The summed E-state index contributed by atoms with van der Waals surface area (Å²) in [5.74, 6) is 1.84. The molecule has 2 heterocycles. The second-order valence-electron chi connectivity index (χ2n) is 6.11. The third kappa shape index (κ3) is 5.63. The van der Waals surface area contributed by atoms with E-state index in [2.05, 4.69) is 15.6 Å². The van der Waals surface area contributed by atoms with Gasteiger partial charge in [0.1, 0.15) is 5.60 Å². The summed E-state index contributed by atoms with van der Waals surface area (Å²) in [4.78, 5) is 5.47. The maximum absolute atomic E-state index is 10.6. The number of ether oxygens (including phenoxy) is 2. The number of aliphatic hydroxyl groups is 1. The Morgan fingerprint density at radius 3 is 2.89 bits per heavy atom. The van der Waals surface area contributed by atoms with Crippen LogP contribution in [0, 0.1) is 0 Å². The highest BCUT2D eigenvalue weighted by atomic mass is 127. The maximum atomic E-state index is 10.6. The van der Waals surface area contributed by atoms with Crippen LogP contribution in [0.1, 0.15) is 24.3 Å². The Kier molecular flexibility index (Phi) is 8.02. The van der Waals surface area contributed by atoms with Crippen LogP contribution in [-0.2, 0) is 12.1 Å². The third-order valence-electron chi connectivity index (χ3n) is 3.90. The summed E-state index contributed by atoms with van der Waals surface area (Å²) < 4.78 is 10.7. The van der Waals surface area contributed by atoms with Crippen LogP contribution < -0.4 is 20.1 Å². The Morgan fingerprint density at radius 1 is 1.37 bits per heavy atom. The van der Waals surface area contributed by atoms with Crippen molar-refractivity contribution in [3.63, 3.8) is 0 Å². The first-order valence-electron chi connectivity index (χ1n) is 8.36.